The van der Waals surface area contributed by atoms with Gasteiger partial charge in [0.05, 0.1) is 69.2 Å². The number of hydrogen-bond acceptors (Lipinski definition) is 29. The number of nitrogen functional groups attached to an aromatic ring is 2. The molecule has 34 heteroatoms. The highest BCUT2D eigenvalue weighted by Crippen LogP contribution is 2.41. The lowest BCUT2D eigenvalue weighted by Crippen LogP contribution is -2.61. The van der Waals surface area contributed by atoms with E-state index < -0.39 is 102 Å². The van der Waals surface area contributed by atoms with E-state index in [4.69, 9.17) is 63.6 Å². The van der Waals surface area contributed by atoms with Gasteiger partial charge in [-0.3, -0.25) is 33.6 Å². The van der Waals surface area contributed by atoms with Crippen molar-refractivity contribution in [2.24, 2.45) is 41.4 Å². The number of Topliss-reactive ketones (excluding diaryl/α,β-unsaturated/α-hetero) is 2. The van der Waals surface area contributed by atoms with E-state index in [2.05, 4.69) is 42.4 Å². The zero-order valence-electron chi connectivity index (χ0n) is 78.6. The van der Waals surface area contributed by atoms with Crippen molar-refractivity contribution in [1.82, 2.24) is 54.7 Å². The molecule has 4 fully saturated rings. The van der Waals surface area contributed by atoms with Crippen LogP contribution in [0.1, 0.15) is 180 Å². The Kier molecular flexibility index (Phi) is 36.3. The number of aryl methyl sites for hydroxylation is 1. The molecule has 1 unspecified atom stereocenters. The molecule has 718 valence electrons. The smallest absolute Gasteiger partial charge is 0.329 e. The molecule has 9 heterocycles. The summed E-state index contributed by atoms with van der Waals surface area (Å²) in [4.78, 5) is 141. The minimum absolute atomic E-state index is 0.00182. The zero-order chi connectivity index (χ0) is 94.5. The van der Waals surface area contributed by atoms with Crippen LogP contribution in [0.4, 0.5) is 17.8 Å². The molecule has 12 rings (SSSR count). The first kappa shape index (κ1) is 101. The number of cyclic esters (lactones) is 1. The maximum atomic E-state index is 15.0. The number of aliphatic hydroxyl groups excluding tert-OH is 1. The normalized spacial score (nSPS) is 27.9. The number of amides is 4. The molecular weight excluding hydrogens is 1690 g/mol. The number of ketones is 2. The first-order chi connectivity index (χ1) is 63.4. The number of ether oxygens (including phenoxy) is 9. The molecule has 3 saturated heterocycles. The number of piperidine rings is 1. The minimum Gasteiger partial charge on any atom is -0.460 e. The lowest BCUT2D eigenvalue weighted by molar-refractivity contribution is -0.265. The molecule has 0 spiro atoms. The van der Waals surface area contributed by atoms with Gasteiger partial charge in [0.25, 0.3) is 17.7 Å². The number of aromatic nitrogens is 7. The number of rotatable bonds is 28. The van der Waals surface area contributed by atoms with Crippen molar-refractivity contribution in [3.8, 4) is 11.3 Å². The van der Waals surface area contributed by atoms with Gasteiger partial charge >= 0.3 is 11.9 Å². The van der Waals surface area contributed by atoms with Gasteiger partial charge in [-0.05, 0) is 166 Å². The largest absolute Gasteiger partial charge is 0.460 e. The quantitative estimate of drug-likeness (QED) is 0.0132. The lowest BCUT2D eigenvalue weighted by atomic mass is 9.78. The van der Waals surface area contributed by atoms with Crippen LogP contribution in [0.5, 0.6) is 0 Å². The topological polar surface area (TPSA) is 433 Å². The summed E-state index contributed by atoms with van der Waals surface area (Å²) in [5.41, 5.74) is 20.7. The molecule has 1 aliphatic carbocycles. The fourth-order valence-electron chi connectivity index (χ4n) is 19.3. The van der Waals surface area contributed by atoms with E-state index in [0.717, 1.165) is 27.8 Å². The minimum atomic E-state index is -2.47. The average molecular weight is 1830 g/mol. The monoisotopic (exact) mass is 1830 g/mol. The van der Waals surface area contributed by atoms with Gasteiger partial charge in [0.2, 0.25) is 29.5 Å². The number of benzene rings is 2. The number of nitrogens with two attached hydrogens (primary N) is 2. The zero-order valence-corrected chi connectivity index (χ0v) is 78.6. The summed E-state index contributed by atoms with van der Waals surface area (Å²) < 4.78 is 61.7. The van der Waals surface area contributed by atoms with Gasteiger partial charge in [-0.1, -0.05) is 96.2 Å². The number of anilines is 3. The van der Waals surface area contributed by atoms with Crippen LogP contribution in [0.2, 0.25) is 0 Å². The summed E-state index contributed by atoms with van der Waals surface area (Å²) in [6, 6.07) is 10.7. The third-order valence-electron chi connectivity index (χ3n) is 27.1. The van der Waals surface area contributed by atoms with Crippen LogP contribution in [0.25, 0.3) is 33.4 Å². The van der Waals surface area contributed by atoms with Gasteiger partial charge in [-0.25, -0.2) is 29.4 Å². The van der Waals surface area contributed by atoms with E-state index in [1.807, 2.05) is 111 Å². The molecule has 6 aromatic rings. The summed E-state index contributed by atoms with van der Waals surface area (Å²) in [6.07, 6.45) is 17.6. The lowest BCUT2D eigenvalue weighted by Gasteiger charge is -2.43. The SMILES string of the molecule is CO[C@H]1C[C@@H]2CC[C@@H](C)[C@@](O)(O2)C(=O)C(=O)N2CCCC[C@H]2C(=O)O[C@H]([C@H](C)C[C@@H]2CC[C@@H](OC(=O)CCc3cnc(N4CCN(C(=O)CC(C)CC(=O)NCCOCCOCCC(=O)N5CCc6cc(Cn7nc(-c8ccc9oc(N)nc9c8)c8c(N)ncnc87)ccc6C5)CC4)nc3)[C@H](OC)C2)C[C@@H](OC)[C@H](C)/C=C(\C)[C@@H](O)[C@@H](OC)C(=O)[C@H](C)C[C@H](C)/C=C/C=C/C=C/1C. The third-order valence-corrected chi connectivity index (χ3v) is 27.1. The van der Waals surface area contributed by atoms with Gasteiger partial charge in [-0.2, -0.15) is 10.1 Å². The van der Waals surface area contributed by atoms with E-state index >= 15 is 0 Å². The number of aliphatic hydroxyl groups is 2. The standard InChI is InChI=1S/C98H136N14O20/c1-59-18-14-13-15-19-61(3)78(123-9)52-73-27-21-66(8)98(122,132-73)91(119)94(120)111-34-17-16-20-75(111)95(121)130-80(53-79(124-10)62(4)47-65(7)89(118)90(126-12)88(117)64(6)44-59)63(5)48-67-23-28-77(81(50-67)125-11)129-85(116)30-24-69-54-102-97(103-55-69)109-38-36-108(37-39-109)84(115)46-60(2)45-82(113)101-33-41-128-43-42-127-40-32-83(114)110-35-31-70-49-68(22-25-72(70)57-110)56-112-93-86(92(99)104-58-105-93)87(107-112)71-26-29-76-74(51-71)106-96(100)131-76/h13-15,18-19,22,25-26,29,47,49,51,54-55,58-60,62-64,66-67,73,75,77-81,89-90,118,122H,16-17,20-21,23-24,27-28,30-46,48,50,52-53,56-57H2,1-12H3,(H2,100,106)(H,101,113)(H2,99,104,105)/b15-13+,18-14+,61-19+,65-47+/t59-,60?,62-,63-,64-,66-,67+,73+,75+,77-,78+,79-,80+,81-,89-,90+,98-/m1/s1. The second kappa shape index (κ2) is 47.6. The molecule has 17 atom stereocenters. The van der Waals surface area contributed by atoms with E-state index in [0.29, 0.717) is 188 Å². The highest BCUT2D eigenvalue weighted by atomic mass is 16.6. The molecule has 2 aromatic carbocycles. The second-order valence-electron chi connectivity index (χ2n) is 36.9. The van der Waals surface area contributed by atoms with Crippen LogP contribution in [0.15, 0.2) is 107 Å². The van der Waals surface area contributed by atoms with Crippen LogP contribution < -0.4 is 21.7 Å². The van der Waals surface area contributed by atoms with Crippen LogP contribution in [-0.4, -0.2) is 268 Å². The van der Waals surface area contributed by atoms with Gasteiger partial charge in [0.15, 0.2) is 17.0 Å². The summed E-state index contributed by atoms with van der Waals surface area (Å²) in [7, 11) is 6.16. The molecule has 4 aromatic heterocycles. The summed E-state index contributed by atoms with van der Waals surface area (Å²) >= 11 is 0. The molecule has 7 N–H and O–H groups in total. The number of oxazole rings is 1. The van der Waals surface area contributed by atoms with Crippen molar-refractivity contribution in [2.45, 2.75) is 245 Å². The summed E-state index contributed by atoms with van der Waals surface area (Å²) in [5.74, 6) is -7.40. The van der Waals surface area contributed by atoms with Gasteiger partial charge < -0.3 is 93.6 Å². The third kappa shape index (κ3) is 26.2. The van der Waals surface area contributed by atoms with Gasteiger partial charge in [0.1, 0.15) is 53.8 Å². The number of nitrogens with zero attached hydrogens (tertiary/aromatic N) is 11. The number of carbonyl (C=O) groups is 8. The number of allylic oxidation sites excluding steroid dienone is 5. The highest BCUT2D eigenvalue weighted by Gasteiger charge is 2.53. The van der Waals surface area contributed by atoms with Crippen molar-refractivity contribution in [3.05, 3.63) is 125 Å². The maximum Gasteiger partial charge on any atom is 0.329 e. The average Bonchev–Trinajstić information content (AvgIpc) is 1.51. The van der Waals surface area contributed by atoms with Crippen molar-refractivity contribution < 1.29 is 95.6 Å². The van der Waals surface area contributed by atoms with Crippen LogP contribution in [0.3, 0.4) is 0 Å². The fourth-order valence-corrected chi connectivity index (χ4v) is 19.3. The number of fused-ring (bicyclic) bond motifs is 6. The number of methoxy groups -OCH3 is 4. The van der Waals surface area contributed by atoms with E-state index in [9.17, 15) is 48.6 Å². The van der Waals surface area contributed by atoms with Crippen molar-refractivity contribution >= 4 is 87.0 Å². The van der Waals surface area contributed by atoms with Crippen LogP contribution >= 0.6 is 0 Å². The first-order valence-electron chi connectivity index (χ1n) is 46.9. The Balaban J connectivity index is 0.549. The van der Waals surface area contributed by atoms with Gasteiger partial charge in [0, 0.05) is 149 Å². The Labute approximate surface area is 773 Å². The number of nitrogens with one attached hydrogen (secondary N) is 1. The maximum absolute atomic E-state index is 15.0. The molecule has 0 radical (unpaired) electrons. The Morgan fingerprint density at radius 2 is 1.48 bits per heavy atom. The predicted molar refractivity (Wildman–Crippen MR) is 493 cm³/mol. The van der Waals surface area contributed by atoms with Crippen molar-refractivity contribution in [2.75, 3.05) is 117 Å². The van der Waals surface area contributed by atoms with Crippen LogP contribution in [-0.2, 0) is 107 Å². The summed E-state index contributed by atoms with van der Waals surface area (Å²) in [5, 5.41) is 32.5. The molecule has 132 heavy (non-hydrogen) atoms. The predicted octanol–water partition coefficient (Wildman–Crippen LogP) is 9.95. The summed E-state index contributed by atoms with van der Waals surface area (Å²) in [6.45, 7) is 20.0. The van der Waals surface area contributed by atoms with Crippen molar-refractivity contribution in [1.29, 1.82) is 0 Å². The Hall–Kier alpha value is -10.3. The molecular formula is C98H136N14O20. The number of piperazine rings is 1. The van der Waals surface area contributed by atoms with Gasteiger partial charge in [-0.15, -0.1) is 0 Å². The molecule has 1 saturated carbocycles. The first-order valence-corrected chi connectivity index (χ1v) is 46.9. The second-order valence-corrected chi connectivity index (χ2v) is 36.9. The molecule has 2 bridgehead atoms. The Morgan fingerprint density at radius 3 is 2.23 bits per heavy atom. The van der Waals surface area contributed by atoms with Crippen LogP contribution in [0, 0.1) is 41.4 Å². The molecule has 5 aliphatic heterocycles. The van der Waals surface area contributed by atoms with E-state index in [-0.39, 0.29) is 111 Å². The Bertz CT molecular complexity index is 5070. The number of hydrogen-bond donors (Lipinski definition) is 5. The van der Waals surface area contributed by atoms with E-state index in [1.165, 1.54) is 23.9 Å². The molecule has 6 aliphatic rings. The van der Waals surface area contributed by atoms with E-state index in [1.54, 1.807) is 58.5 Å². The molecule has 4 amide bonds. The highest BCUT2D eigenvalue weighted by molar-refractivity contribution is 6.39. The fraction of sp³-hybridized carbons (Fsp3) is 0.612. The number of esters is 2. The molecule has 34 nitrogen and oxygen atoms in total. The number of carbonyl (C=O) groups excluding carboxylic acids is 8. The van der Waals surface area contributed by atoms with Crippen molar-refractivity contribution in [3.63, 3.8) is 0 Å². The Morgan fingerprint density at radius 1 is 0.720 bits per heavy atom.